The molecule has 18 heavy (non-hydrogen) atoms. The Morgan fingerprint density at radius 2 is 2.06 bits per heavy atom. The highest BCUT2D eigenvalue weighted by atomic mass is 79.9. The number of nitrogens with zero attached hydrogens (tertiary/aromatic N) is 1. The summed E-state index contributed by atoms with van der Waals surface area (Å²) in [5.74, 6) is 5.80. The second-order valence-electron chi connectivity index (χ2n) is 4.14. The van der Waals surface area contributed by atoms with E-state index >= 15 is 0 Å². The van der Waals surface area contributed by atoms with Crippen LogP contribution in [0.4, 0.5) is 0 Å². The van der Waals surface area contributed by atoms with Gasteiger partial charge in [0.1, 0.15) is 0 Å². The summed E-state index contributed by atoms with van der Waals surface area (Å²) in [7, 11) is -3.15. The fraction of sp³-hybridized carbons (Fsp3) is 0.385. The molecule has 1 heterocycles. The summed E-state index contributed by atoms with van der Waals surface area (Å²) in [4.78, 5) is 0. The number of sulfonamides is 1. The lowest BCUT2D eigenvalue weighted by Crippen LogP contribution is -2.28. The van der Waals surface area contributed by atoms with Crippen molar-refractivity contribution in [2.45, 2.75) is 19.4 Å². The van der Waals surface area contributed by atoms with E-state index in [-0.39, 0.29) is 18.3 Å². The molecule has 1 aromatic carbocycles. The zero-order valence-corrected chi connectivity index (χ0v) is 12.5. The lowest BCUT2D eigenvalue weighted by Gasteiger charge is -2.21. The second-order valence-corrected chi connectivity index (χ2v) is 7.10. The van der Waals surface area contributed by atoms with Crippen LogP contribution in [0.25, 0.3) is 0 Å². The number of benzene rings is 1. The molecule has 0 N–H and O–H groups in total. The van der Waals surface area contributed by atoms with Gasteiger partial charge < -0.3 is 0 Å². The van der Waals surface area contributed by atoms with Crippen molar-refractivity contribution in [3.05, 3.63) is 34.3 Å². The van der Waals surface area contributed by atoms with E-state index in [1.165, 1.54) is 4.31 Å². The predicted molar refractivity (Wildman–Crippen MR) is 75.4 cm³/mol. The maximum Gasteiger partial charge on any atom is 0.215 e. The molecule has 1 unspecified atom stereocenters. The lowest BCUT2D eigenvalue weighted by atomic mass is 10.0. The molecule has 1 saturated heterocycles. The monoisotopic (exact) mass is 327 g/mol. The van der Waals surface area contributed by atoms with Crippen LogP contribution in [0.15, 0.2) is 28.7 Å². The largest absolute Gasteiger partial charge is 0.215 e. The number of hydrogen-bond donors (Lipinski definition) is 0. The van der Waals surface area contributed by atoms with Crippen molar-refractivity contribution in [2.24, 2.45) is 0 Å². The van der Waals surface area contributed by atoms with Crippen LogP contribution >= 0.6 is 15.9 Å². The minimum atomic E-state index is -3.15. The van der Waals surface area contributed by atoms with Gasteiger partial charge >= 0.3 is 0 Å². The molecule has 1 fully saturated rings. The van der Waals surface area contributed by atoms with Gasteiger partial charge in [0.05, 0.1) is 18.3 Å². The molecule has 1 atom stereocenters. The van der Waals surface area contributed by atoms with Crippen LogP contribution in [-0.2, 0) is 10.0 Å². The van der Waals surface area contributed by atoms with Crippen molar-refractivity contribution >= 4 is 26.0 Å². The fourth-order valence-corrected chi connectivity index (χ4v) is 4.00. The van der Waals surface area contributed by atoms with Crippen molar-refractivity contribution < 1.29 is 8.42 Å². The van der Waals surface area contributed by atoms with E-state index in [4.69, 9.17) is 0 Å². The standard InChI is InChI=1S/C13H14BrNO2S/c1-2-3-9-15-13(8-10-18(15,16)17)11-4-6-12(14)7-5-11/h4-7,13H,8-10H2,1H3. The summed E-state index contributed by atoms with van der Waals surface area (Å²) in [6, 6.07) is 7.71. The molecule has 1 aliphatic heterocycles. The van der Waals surface area contributed by atoms with Crippen LogP contribution < -0.4 is 0 Å². The quantitative estimate of drug-likeness (QED) is 0.783. The summed E-state index contributed by atoms with van der Waals surface area (Å²) in [5.41, 5.74) is 1.03. The normalized spacial score (nSPS) is 22.4. The SMILES string of the molecule is CC#CCN1C(c2ccc(Br)cc2)CCS1(=O)=O. The lowest BCUT2D eigenvalue weighted by molar-refractivity contribution is 0.383. The first-order valence-corrected chi connectivity index (χ1v) is 8.09. The maximum atomic E-state index is 12.0. The van der Waals surface area contributed by atoms with Gasteiger partial charge in [-0.1, -0.05) is 34.0 Å². The molecule has 0 saturated carbocycles. The molecule has 0 bridgehead atoms. The third kappa shape index (κ3) is 2.77. The Bertz CT molecular complexity index is 584. The van der Waals surface area contributed by atoms with E-state index in [9.17, 15) is 8.42 Å². The zero-order chi connectivity index (χ0) is 13.2. The van der Waals surface area contributed by atoms with Crippen LogP contribution in [-0.4, -0.2) is 25.0 Å². The summed E-state index contributed by atoms with van der Waals surface area (Å²) < 4.78 is 26.4. The Hall–Kier alpha value is -0.830. The molecule has 0 amide bonds. The van der Waals surface area contributed by atoms with Crippen LogP contribution in [0.2, 0.25) is 0 Å². The first kappa shape index (κ1) is 13.6. The van der Waals surface area contributed by atoms with E-state index in [1.807, 2.05) is 24.3 Å². The molecule has 0 spiro atoms. The van der Waals surface area contributed by atoms with Crippen LogP contribution in [0.1, 0.15) is 24.9 Å². The highest BCUT2D eigenvalue weighted by Gasteiger charge is 2.37. The first-order chi connectivity index (χ1) is 8.54. The molecule has 3 nitrogen and oxygen atoms in total. The number of hydrogen-bond acceptors (Lipinski definition) is 2. The van der Waals surface area contributed by atoms with Crippen molar-refractivity contribution in [3.63, 3.8) is 0 Å². The van der Waals surface area contributed by atoms with E-state index in [0.717, 1.165) is 10.0 Å². The maximum absolute atomic E-state index is 12.0. The van der Waals surface area contributed by atoms with Gasteiger partial charge in [-0.3, -0.25) is 0 Å². The molecular weight excluding hydrogens is 314 g/mol. The Labute approximate surface area is 116 Å². The van der Waals surface area contributed by atoms with Gasteiger partial charge in [0.25, 0.3) is 0 Å². The van der Waals surface area contributed by atoms with Crippen molar-refractivity contribution in [1.29, 1.82) is 0 Å². The molecule has 5 heteroatoms. The van der Waals surface area contributed by atoms with Crippen LogP contribution in [0.5, 0.6) is 0 Å². The van der Waals surface area contributed by atoms with Gasteiger partial charge in [-0.25, -0.2) is 8.42 Å². The Balaban J connectivity index is 2.31. The third-order valence-electron chi connectivity index (χ3n) is 3.02. The van der Waals surface area contributed by atoms with Crippen molar-refractivity contribution in [1.82, 2.24) is 4.31 Å². The molecule has 2 rings (SSSR count). The molecule has 0 aromatic heterocycles. The van der Waals surface area contributed by atoms with Gasteiger partial charge in [-0.2, -0.15) is 4.31 Å². The summed E-state index contributed by atoms with van der Waals surface area (Å²) in [6.45, 7) is 2.00. The highest BCUT2D eigenvalue weighted by molar-refractivity contribution is 9.10. The predicted octanol–water partition coefficient (Wildman–Crippen LogP) is 2.55. The average molecular weight is 328 g/mol. The molecule has 1 aliphatic rings. The minimum absolute atomic E-state index is 0.0797. The van der Waals surface area contributed by atoms with Gasteiger partial charge in [0.2, 0.25) is 10.0 Å². The van der Waals surface area contributed by atoms with E-state index < -0.39 is 10.0 Å². The topological polar surface area (TPSA) is 37.4 Å². The Morgan fingerprint density at radius 3 is 2.67 bits per heavy atom. The molecular formula is C13H14BrNO2S. The summed E-state index contributed by atoms with van der Waals surface area (Å²) >= 11 is 3.38. The Kier molecular flexibility index (Phi) is 4.10. The molecule has 1 aromatic rings. The zero-order valence-electron chi connectivity index (χ0n) is 10.1. The smallest absolute Gasteiger partial charge is 0.212 e. The fourth-order valence-electron chi connectivity index (χ4n) is 2.10. The van der Waals surface area contributed by atoms with Gasteiger partial charge in [-0.05, 0) is 31.0 Å². The van der Waals surface area contributed by atoms with E-state index in [0.29, 0.717) is 6.42 Å². The van der Waals surface area contributed by atoms with Gasteiger partial charge in [-0.15, -0.1) is 5.92 Å². The molecule has 96 valence electrons. The Morgan fingerprint density at radius 1 is 1.39 bits per heavy atom. The first-order valence-electron chi connectivity index (χ1n) is 5.69. The molecule has 0 radical (unpaired) electrons. The number of rotatable bonds is 2. The van der Waals surface area contributed by atoms with Crippen LogP contribution in [0, 0.1) is 11.8 Å². The minimum Gasteiger partial charge on any atom is -0.212 e. The molecule has 0 aliphatic carbocycles. The van der Waals surface area contributed by atoms with E-state index in [1.54, 1.807) is 6.92 Å². The third-order valence-corrected chi connectivity index (χ3v) is 5.40. The average Bonchev–Trinajstić information content (AvgIpc) is 2.63. The second kappa shape index (κ2) is 5.43. The van der Waals surface area contributed by atoms with Crippen LogP contribution in [0.3, 0.4) is 0 Å². The van der Waals surface area contributed by atoms with E-state index in [2.05, 4.69) is 27.8 Å². The highest BCUT2D eigenvalue weighted by Crippen LogP contribution is 2.34. The van der Waals surface area contributed by atoms with Crippen molar-refractivity contribution in [3.8, 4) is 11.8 Å². The van der Waals surface area contributed by atoms with Gasteiger partial charge in [0.15, 0.2) is 0 Å². The summed E-state index contributed by atoms with van der Waals surface area (Å²) in [6.07, 6.45) is 0.634. The van der Waals surface area contributed by atoms with Crippen molar-refractivity contribution in [2.75, 3.05) is 12.3 Å². The van der Waals surface area contributed by atoms with Gasteiger partial charge in [0, 0.05) is 4.47 Å². The summed E-state index contributed by atoms with van der Waals surface area (Å²) in [5, 5.41) is 0. The number of halogens is 1.